The van der Waals surface area contributed by atoms with Crippen LogP contribution in [0.15, 0.2) is 12.2 Å². The molecule has 142 valence electrons. The van der Waals surface area contributed by atoms with Crippen molar-refractivity contribution < 1.29 is 22.7 Å². The van der Waals surface area contributed by atoms with Gasteiger partial charge < -0.3 is 4.74 Å². The van der Waals surface area contributed by atoms with Gasteiger partial charge >= 0.3 is 5.97 Å². The highest BCUT2D eigenvalue weighted by molar-refractivity contribution is 5.82. The van der Waals surface area contributed by atoms with Gasteiger partial charge in [0, 0.05) is 18.4 Å². The SMILES string of the molecule is CC.CC1CC(F)C(C=CC(=O)OC2CCC(C#N)C(F)C2)C(F)C1. The number of nitrogens with zero attached hydrogens (tertiary/aromatic N) is 1. The van der Waals surface area contributed by atoms with Crippen molar-refractivity contribution in [1.82, 2.24) is 0 Å². The summed E-state index contributed by atoms with van der Waals surface area (Å²) in [5.41, 5.74) is 0. The van der Waals surface area contributed by atoms with Crippen molar-refractivity contribution in [3.8, 4) is 6.07 Å². The van der Waals surface area contributed by atoms with Crippen molar-refractivity contribution in [1.29, 1.82) is 5.26 Å². The Bertz CT molecular complexity index is 480. The second kappa shape index (κ2) is 10.5. The molecule has 0 N–H and O–H groups in total. The Morgan fingerprint density at radius 2 is 1.68 bits per heavy atom. The first kappa shape index (κ1) is 21.5. The highest BCUT2D eigenvalue weighted by atomic mass is 19.1. The maximum Gasteiger partial charge on any atom is 0.330 e. The monoisotopic (exact) mass is 359 g/mol. The van der Waals surface area contributed by atoms with Gasteiger partial charge in [-0.3, -0.25) is 0 Å². The second-order valence-electron chi connectivity index (χ2n) is 6.67. The molecule has 0 radical (unpaired) electrons. The number of hydrogen-bond acceptors (Lipinski definition) is 3. The van der Waals surface area contributed by atoms with Crippen LogP contribution in [0.25, 0.3) is 0 Å². The average Bonchev–Trinajstić information content (AvgIpc) is 2.56. The van der Waals surface area contributed by atoms with Crippen LogP contribution in [0.1, 0.15) is 52.9 Å². The molecule has 0 aromatic rings. The third-order valence-corrected chi connectivity index (χ3v) is 4.72. The Balaban J connectivity index is 0.00000151. The molecule has 2 aliphatic carbocycles. The molecule has 0 saturated heterocycles. The van der Waals surface area contributed by atoms with Crippen molar-refractivity contribution in [2.24, 2.45) is 17.8 Å². The molecule has 2 rings (SSSR count). The lowest BCUT2D eigenvalue weighted by atomic mass is 9.80. The molecule has 25 heavy (non-hydrogen) atoms. The lowest BCUT2D eigenvalue weighted by molar-refractivity contribution is -0.145. The van der Waals surface area contributed by atoms with Crippen molar-refractivity contribution in [2.75, 3.05) is 0 Å². The van der Waals surface area contributed by atoms with Crippen molar-refractivity contribution >= 4 is 5.97 Å². The molecule has 0 heterocycles. The molecule has 5 unspecified atom stereocenters. The highest BCUT2D eigenvalue weighted by Crippen LogP contribution is 2.34. The summed E-state index contributed by atoms with van der Waals surface area (Å²) in [5.74, 6) is -2.30. The van der Waals surface area contributed by atoms with E-state index >= 15 is 0 Å². The standard InChI is InChI=1S/C17H22F3NO2.C2H6/c1-10-6-15(19)13(16(20)7-10)4-5-17(22)23-12-3-2-11(9-21)14(18)8-12;1-2/h4-5,10-16H,2-3,6-8H2,1H3;1-2H3. The van der Waals surface area contributed by atoms with Gasteiger partial charge in [0.1, 0.15) is 24.6 Å². The summed E-state index contributed by atoms with van der Waals surface area (Å²) in [6.45, 7) is 5.80. The fourth-order valence-corrected chi connectivity index (χ4v) is 3.37. The first-order valence-corrected chi connectivity index (χ1v) is 9.11. The summed E-state index contributed by atoms with van der Waals surface area (Å²) in [7, 11) is 0. The summed E-state index contributed by atoms with van der Waals surface area (Å²) in [6, 6.07) is 1.90. The third kappa shape index (κ3) is 6.37. The number of hydrogen-bond donors (Lipinski definition) is 0. The first-order chi connectivity index (χ1) is 11.9. The number of nitriles is 1. The van der Waals surface area contributed by atoms with Crippen LogP contribution in [0.2, 0.25) is 0 Å². The number of carbonyl (C=O) groups excluding carboxylic acids is 1. The molecule has 6 heteroatoms. The van der Waals surface area contributed by atoms with E-state index in [0.29, 0.717) is 12.8 Å². The minimum absolute atomic E-state index is 0.00375. The van der Waals surface area contributed by atoms with Gasteiger partial charge in [-0.2, -0.15) is 5.26 Å². The first-order valence-electron chi connectivity index (χ1n) is 9.11. The molecular formula is C19H28F3NO2. The number of alkyl halides is 3. The predicted octanol–water partition coefficient (Wildman–Crippen LogP) is 4.86. The molecule has 2 saturated carbocycles. The van der Waals surface area contributed by atoms with E-state index in [1.807, 2.05) is 19.9 Å². The van der Waals surface area contributed by atoms with E-state index in [-0.39, 0.29) is 25.2 Å². The van der Waals surface area contributed by atoms with E-state index in [4.69, 9.17) is 10.00 Å². The minimum Gasteiger partial charge on any atom is -0.459 e. The van der Waals surface area contributed by atoms with Crippen LogP contribution in [0.4, 0.5) is 13.2 Å². The van der Waals surface area contributed by atoms with E-state index in [0.717, 1.165) is 6.08 Å². The second-order valence-corrected chi connectivity index (χ2v) is 6.67. The van der Waals surface area contributed by atoms with Crippen molar-refractivity contribution in [3.63, 3.8) is 0 Å². The summed E-state index contributed by atoms with van der Waals surface area (Å²) >= 11 is 0. The molecule has 0 spiro atoms. The Hall–Kier alpha value is -1.51. The van der Waals surface area contributed by atoms with Gasteiger partial charge in [0.2, 0.25) is 0 Å². The van der Waals surface area contributed by atoms with Crippen LogP contribution < -0.4 is 0 Å². The van der Waals surface area contributed by atoms with E-state index in [9.17, 15) is 18.0 Å². The lowest BCUT2D eigenvalue weighted by Crippen LogP contribution is -2.34. The van der Waals surface area contributed by atoms with Crippen LogP contribution in [0, 0.1) is 29.1 Å². The third-order valence-electron chi connectivity index (χ3n) is 4.72. The lowest BCUT2D eigenvalue weighted by Gasteiger charge is -2.31. The van der Waals surface area contributed by atoms with E-state index < -0.39 is 42.4 Å². The molecule has 0 aliphatic heterocycles. The molecule has 0 aromatic heterocycles. The summed E-state index contributed by atoms with van der Waals surface area (Å²) in [6.07, 6.45) is -0.884. The summed E-state index contributed by atoms with van der Waals surface area (Å²) < 4.78 is 46.5. The smallest absolute Gasteiger partial charge is 0.330 e. The van der Waals surface area contributed by atoms with Gasteiger partial charge in [0.15, 0.2) is 0 Å². The Morgan fingerprint density at radius 1 is 1.08 bits per heavy atom. The molecule has 0 amide bonds. The van der Waals surface area contributed by atoms with Gasteiger partial charge in [0.25, 0.3) is 0 Å². The van der Waals surface area contributed by atoms with Crippen molar-refractivity contribution in [3.05, 3.63) is 12.2 Å². The molecule has 0 aromatic carbocycles. The van der Waals surface area contributed by atoms with Crippen molar-refractivity contribution in [2.45, 2.75) is 77.5 Å². The quantitative estimate of drug-likeness (QED) is 0.534. The zero-order valence-electron chi connectivity index (χ0n) is 15.1. The molecular weight excluding hydrogens is 331 g/mol. The van der Waals surface area contributed by atoms with Gasteiger partial charge in [-0.05, 0) is 31.6 Å². The molecule has 2 fully saturated rings. The Labute approximate surface area is 148 Å². The van der Waals surface area contributed by atoms with E-state index in [2.05, 4.69) is 0 Å². The molecule has 2 aliphatic rings. The van der Waals surface area contributed by atoms with Crippen LogP contribution in [0.5, 0.6) is 0 Å². The number of halogens is 3. The fraction of sp³-hybridized carbons (Fsp3) is 0.789. The van der Waals surface area contributed by atoms with Crippen LogP contribution in [-0.2, 0) is 9.53 Å². The normalized spacial score (nSPS) is 38.4. The predicted molar refractivity (Wildman–Crippen MR) is 89.9 cm³/mol. The van der Waals surface area contributed by atoms with Gasteiger partial charge in [0.05, 0.1) is 12.0 Å². The van der Waals surface area contributed by atoms with Crippen LogP contribution in [0.3, 0.4) is 0 Å². The molecule has 0 bridgehead atoms. The molecule has 3 nitrogen and oxygen atoms in total. The summed E-state index contributed by atoms with van der Waals surface area (Å²) in [4.78, 5) is 11.7. The topological polar surface area (TPSA) is 50.1 Å². The van der Waals surface area contributed by atoms with Crippen LogP contribution in [-0.4, -0.2) is 30.6 Å². The van der Waals surface area contributed by atoms with Gasteiger partial charge in [-0.25, -0.2) is 18.0 Å². The number of rotatable bonds is 3. The zero-order chi connectivity index (χ0) is 19.0. The van der Waals surface area contributed by atoms with Gasteiger partial charge in [-0.15, -0.1) is 0 Å². The average molecular weight is 359 g/mol. The highest BCUT2D eigenvalue weighted by Gasteiger charge is 2.36. The maximum atomic E-state index is 13.9. The van der Waals surface area contributed by atoms with E-state index in [1.165, 1.54) is 6.08 Å². The number of esters is 1. The number of allylic oxidation sites excluding steroid dienone is 1. The minimum atomic E-state index is -1.31. The number of ether oxygens (including phenoxy) is 1. The van der Waals surface area contributed by atoms with E-state index in [1.54, 1.807) is 6.92 Å². The zero-order valence-corrected chi connectivity index (χ0v) is 15.1. The molecule has 5 atom stereocenters. The number of carbonyl (C=O) groups is 1. The van der Waals surface area contributed by atoms with Gasteiger partial charge in [-0.1, -0.05) is 26.8 Å². The Kier molecular flexibility index (Phi) is 9.02. The largest absolute Gasteiger partial charge is 0.459 e. The maximum absolute atomic E-state index is 13.9. The fourth-order valence-electron chi connectivity index (χ4n) is 3.37. The summed E-state index contributed by atoms with van der Waals surface area (Å²) in [5, 5.41) is 8.75. The Morgan fingerprint density at radius 3 is 2.20 bits per heavy atom. The van der Waals surface area contributed by atoms with Crippen LogP contribution >= 0.6 is 0 Å².